The molecule has 0 bridgehead atoms. The van der Waals surface area contributed by atoms with E-state index in [0.717, 1.165) is 0 Å². The van der Waals surface area contributed by atoms with Crippen LogP contribution in [0.3, 0.4) is 0 Å². The number of carbonyl (C=O) groups excluding carboxylic acids is 1. The van der Waals surface area contributed by atoms with Gasteiger partial charge in [0, 0.05) is 5.92 Å². The second-order valence-electron chi connectivity index (χ2n) is 3.12. The molecule has 88 valence electrons. The van der Waals surface area contributed by atoms with Crippen LogP contribution >= 0.6 is 0 Å². The first-order valence-electron chi connectivity index (χ1n) is 4.89. The molecule has 0 fully saturated rings. The zero-order chi connectivity index (χ0) is 12.4. The zero-order valence-electron chi connectivity index (χ0n) is 9.30. The predicted molar refractivity (Wildman–Crippen MR) is 52.5 cm³/mol. The summed E-state index contributed by atoms with van der Waals surface area (Å²) in [7, 11) is 0. The molecule has 0 saturated carbocycles. The Balaban J connectivity index is 4.09. The molecule has 0 aromatic rings. The largest absolute Gasteiger partial charge is 0.459 e. The van der Waals surface area contributed by atoms with Gasteiger partial charge in [-0.1, -0.05) is 13.8 Å². The number of hydrogen-bond donors (Lipinski definition) is 0. The van der Waals surface area contributed by atoms with Gasteiger partial charge < -0.3 is 14.2 Å². The minimum atomic E-state index is -0.892. The van der Waals surface area contributed by atoms with Gasteiger partial charge in [0.25, 0.3) is 12.5 Å². The monoisotopic (exact) mass is 226 g/mol. The van der Waals surface area contributed by atoms with E-state index < -0.39 is 12.1 Å². The normalized spacial score (nSPS) is 12.8. The van der Waals surface area contributed by atoms with Gasteiger partial charge in [0.05, 0.1) is 0 Å². The Kier molecular flexibility index (Phi) is 7.35. The number of carbonyl (C=O) groups is 1. The summed E-state index contributed by atoms with van der Waals surface area (Å²) in [6.45, 7) is 3.63. The molecule has 0 aromatic carbocycles. The third kappa shape index (κ3) is 5.06. The van der Waals surface area contributed by atoms with Gasteiger partial charge in [-0.15, -0.1) is 0 Å². The van der Waals surface area contributed by atoms with E-state index in [1.54, 1.807) is 6.92 Å². The zero-order valence-corrected chi connectivity index (χ0v) is 9.30. The van der Waals surface area contributed by atoms with Gasteiger partial charge >= 0.3 is 5.97 Å². The van der Waals surface area contributed by atoms with Gasteiger partial charge in [-0.2, -0.15) is 10.5 Å². The lowest BCUT2D eigenvalue weighted by Gasteiger charge is -2.18. The molecule has 0 amide bonds. The van der Waals surface area contributed by atoms with Crippen LogP contribution in [-0.4, -0.2) is 25.3 Å². The predicted octanol–water partition coefficient (Wildman–Crippen LogP) is 0.940. The minimum absolute atomic E-state index is 0.00200. The maximum atomic E-state index is 11.5. The van der Waals surface area contributed by atoms with E-state index >= 15 is 0 Å². The smallest absolute Gasteiger partial charge is 0.348 e. The SMILES string of the molecule is CCC(C)C(OC#N)C(=O)OCCOC#N. The van der Waals surface area contributed by atoms with E-state index in [0.29, 0.717) is 6.42 Å². The van der Waals surface area contributed by atoms with Crippen LogP contribution in [0.15, 0.2) is 0 Å². The Morgan fingerprint density at radius 2 is 2.00 bits per heavy atom. The summed E-state index contributed by atoms with van der Waals surface area (Å²) in [5, 5.41) is 16.5. The molecule has 6 heteroatoms. The van der Waals surface area contributed by atoms with Crippen LogP contribution in [-0.2, 0) is 19.0 Å². The molecule has 0 aliphatic carbocycles. The van der Waals surface area contributed by atoms with Gasteiger partial charge in [0.1, 0.15) is 13.2 Å². The molecule has 0 rings (SSSR count). The first-order chi connectivity index (χ1) is 7.67. The minimum Gasteiger partial charge on any atom is -0.459 e. The average Bonchev–Trinajstić information content (AvgIpc) is 2.30. The van der Waals surface area contributed by atoms with Gasteiger partial charge in [-0.05, 0) is 6.42 Å². The molecule has 16 heavy (non-hydrogen) atoms. The van der Waals surface area contributed by atoms with Crippen molar-refractivity contribution in [2.75, 3.05) is 13.2 Å². The summed E-state index contributed by atoms with van der Waals surface area (Å²) in [5.74, 6) is -0.721. The molecular formula is C10H14N2O4. The highest BCUT2D eigenvalue weighted by atomic mass is 16.6. The van der Waals surface area contributed by atoms with Crippen LogP contribution in [0.4, 0.5) is 0 Å². The van der Waals surface area contributed by atoms with E-state index in [9.17, 15) is 4.79 Å². The summed E-state index contributed by atoms with van der Waals surface area (Å²) in [5.41, 5.74) is 0. The van der Waals surface area contributed by atoms with Crippen LogP contribution in [0, 0.1) is 29.0 Å². The lowest BCUT2D eigenvalue weighted by molar-refractivity contribution is -0.157. The van der Waals surface area contributed by atoms with Crippen molar-refractivity contribution in [3.8, 4) is 12.5 Å². The average molecular weight is 226 g/mol. The Bertz CT molecular complexity index is 292. The van der Waals surface area contributed by atoms with Crippen molar-refractivity contribution in [2.24, 2.45) is 5.92 Å². The molecule has 0 aromatic heterocycles. The fourth-order valence-electron chi connectivity index (χ4n) is 0.979. The Morgan fingerprint density at radius 1 is 1.31 bits per heavy atom. The Labute approximate surface area is 94.3 Å². The van der Waals surface area contributed by atoms with Crippen LogP contribution in [0.5, 0.6) is 0 Å². The van der Waals surface area contributed by atoms with E-state index in [1.165, 1.54) is 12.5 Å². The second-order valence-corrected chi connectivity index (χ2v) is 3.12. The summed E-state index contributed by atoms with van der Waals surface area (Å²) in [4.78, 5) is 11.5. The fourth-order valence-corrected chi connectivity index (χ4v) is 0.979. The molecule has 0 heterocycles. The van der Waals surface area contributed by atoms with E-state index in [-0.39, 0.29) is 19.1 Å². The van der Waals surface area contributed by atoms with Crippen molar-refractivity contribution >= 4 is 5.97 Å². The van der Waals surface area contributed by atoms with Crippen LogP contribution < -0.4 is 0 Å². The van der Waals surface area contributed by atoms with Gasteiger partial charge in [-0.3, -0.25) is 0 Å². The highest BCUT2D eigenvalue weighted by molar-refractivity contribution is 5.75. The van der Waals surface area contributed by atoms with Gasteiger partial charge in [0.2, 0.25) is 6.10 Å². The lowest BCUT2D eigenvalue weighted by atomic mass is 10.0. The highest BCUT2D eigenvalue weighted by Gasteiger charge is 2.27. The van der Waals surface area contributed by atoms with Crippen LogP contribution in [0.1, 0.15) is 20.3 Å². The second kappa shape index (κ2) is 8.37. The molecule has 2 unspecified atom stereocenters. The molecule has 0 N–H and O–H groups in total. The summed E-state index contributed by atoms with van der Waals surface area (Å²) >= 11 is 0. The summed E-state index contributed by atoms with van der Waals surface area (Å²) in [6.07, 6.45) is 2.73. The van der Waals surface area contributed by atoms with Crippen LogP contribution in [0.25, 0.3) is 0 Å². The van der Waals surface area contributed by atoms with Crippen molar-refractivity contribution in [3.63, 3.8) is 0 Å². The molecule has 0 saturated heterocycles. The number of esters is 1. The molecular weight excluding hydrogens is 212 g/mol. The van der Waals surface area contributed by atoms with Crippen molar-refractivity contribution in [3.05, 3.63) is 0 Å². The number of rotatable bonds is 7. The number of nitriles is 2. The van der Waals surface area contributed by atoms with E-state index in [4.69, 9.17) is 15.3 Å². The molecule has 0 aliphatic heterocycles. The standard InChI is InChI=1S/C10H14N2O4/c1-3-8(2)9(16-7-12)10(13)15-5-4-14-6-11/h8-9H,3-5H2,1-2H3. The maximum Gasteiger partial charge on any atom is 0.348 e. The van der Waals surface area contributed by atoms with Crippen molar-refractivity contribution in [1.29, 1.82) is 10.5 Å². The molecule has 0 spiro atoms. The summed E-state index contributed by atoms with van der Waals surface area (Å²) in [6, 6.07) is 0. The number of ether oxygens (including phenoxy) is 3. The van der Waals surface area contributed by atoms with Crippen molar-refractivity contribution in [1.82, 2.24) is 0 Å². The molecule has 6 nitrogen and oxygen atoms in total. The van der Waals surface area contributed by atoms with Crippen LogP contribution in [0.2, 0.25) is 0 Å². The highest BCUT2D eigenvalue weighted by Crippen LogP contribution is 2.12. The fraction of sp³-hybridized carbons (Fsp3) is 0.700. The van der Waals surface area contributed by atoms with Gasteiger partial charge in [-0.25, -0.2) is 4.79 Å². The third-order valence-corrected chi connectivity index (χ3v) is 2.07. The number of nitrogens with zero attached hydrogens (tertiary/aromatic N) is 2. The van der Waals surface area contributed by atoms with E-state index in [1.807, 2.05) is 6.92 Å². The lowest BCUT2D eigenvalue weighted by Crippen LogP contribution is -2.32. The van der Waals surface area contributed by atoms with Crippen molar-refractivity contribution < 1.29 is 19.0 Å². The molecule has 2 atom stereocenters. The van der Waals surface area contributed by atoms with Crippen molar-refractivity contribution in [2.45, 2.75) is 26.4 Å². The first-order valence-corrected chi connectivity index (χ1v) is 4.89. The van der Waals surface area contributed by atoms with Gasteiger partial charge in [0.15, 0.2) is 0 Å². The first kappa shape index (κ1) is 14.1. The molecule has 0 radical (unpaired) electrons. The number of hydrogen-bond acceptors (Lipinski definition) is 6. The Hall–Kier alpha value is -1.95. The Morgan fingerprint density at radius 3 is 2.50 bits per heavy atom. The molecule has 0 aliphatic rings. The topological polar surface area (TPSA) is 92.3 Å². The third-order valence-electron chi connectivity index (χ3n) is 2.07. The summed E-state index contributed by atoms with van der Waals surface area (Å²) < 4.78 is 13.8. The van der Waals surface area contributed by atoms with E-state index in [2.05, 4.69) is 9.47 Å². The maximum absolute atomic E-state index is 11.5. The quantitative estimate of drug-likeness (QED) is 0.364.